The van der Waals surface area contributed by atoms with E-state index in [9.17, 15) is 0 Å². The maximum absolute atomic E-state index is 5.97. The molecule has 194 valence electrons. The number of nitrogens with zero attached hydrogens (tertiary/aromatic N) is 4. The van der Waals surface area contributed by atoms with E-state index in [0.717, 1.165) is 47.8 Å². The first kappa shape index (κ1) is 25.1. The summed E-state index contributed by atoms with van der Waals surface area (Å²) in [5.41, 5.74) is 7.99. The summed E-state index contributed by atoms with van der Waals surface area (Å²) in [7, 11) is 0. The number of nitrogens with one attached hydrogen (secondary N) is 1. The number of morpholine rings is 1. The first-order valence-corrected chi connectivity index (χ1v) is 14.1. The van der Waals surface area contributed by atoms with Crippen LogP contribution in [-0.2, 0) is 4.74 Å². The molecule has 38 heavy (non-hydrogen) atoms. The fraction of sp³-hybridized carbons (Fsp3) is 0.267. The summed E-state index contributed by atoms with van der Waals surface area (Å²) in [5, 5.41) is 4.31. The standard InChI is InChI=1S/C30H30BrN5OS/c1-20-19-26(21(2)35(20)24-8-6-22(31)7-9-24)29-28(27-5-3-4-14-32-27)33-30(38)36(29)25-12-10-23(11-13-25)34-15-17-37-18-16-34/h3-14,19,28-29H,15-18H2,1-2H3,(H,33,38)/t28-,29+/m1/s1. The van der Waals surface area contributed by atoms with Gasteiger partial charge in [-0.05, 0) is 98.4 Å². The zero-order chi connectivity index (χ0) is 26.2. The van der Waals surface area contributed by atoms with Crippen molar-refractivity contribution in [1.29, 1.82) is 0 Å². The van der Waals surface area contributed by atoms with Gasteiger partial charge in [-0.1, -0.05) is 22.0 Å². The van der Waals surface area contributed by atoms with Crippen LogP contribution in [0.5, 0.6) is 0 Å². The molecule has 2 saturated heterocycles. The Morgan fingerprint density at radius 3 is 2.29 bits per heavy atom. The first-order chi connectivity index (χ1) is 18.5. The topological polar surface area (TPSA) is 45.6 Å². The molecular formula is C30H30BrN5OS. The van der Waals surface area contributed by atoms with Crippen molar-refractivity contribution >= 4 is 44.6 Å². The maximum Gasteiger partial charge on any atom is 0.174 e. The number of hydrogen-bond donors (Lipinski definition) is 1. The van der Waals surface area contributed by atoms with E-state index in [-0.39, 0.29) is 12.1 Å². The zero-order valence-corrected chi connectivity index (χ0v) is 23.9. The van der Waals surface area contributed by atoms with E-state index in [1.54, 1.807) is 0 Å². The molecule has 4 aromatic rings. The lowest BCUT2D eigenvalue weighted by molar-refractivity contribution is 0.122. The van der Waals surface area contributed by atoms with Gasteiger partial charge in [0, 0.05) is 52.2 Å². The van der Waals surface area contributed by atoms with Gasteiger partial charge in [0.05, 0.1) is 31.0 Å². The summed E-state index contributed by atoms with van der Waals surface area (Å²) in [6.45, 7) is 7.72. The summed E-state index contributed by atoms with van der Waals surface area (Å²) in [6.07, 6.45) is 1.85. The molecule has 6 rings (SSSR count). The molecule has 0 aliphatic carbocycles. The number of pyridine rings is 1. The second-order valence-corrected chi connectivity index (χ2v) is 11.1. The van der Waals surface area contributed by atoms with Gasteiger partial charge in [0.2, 0.25) is 0 Å². The molecule has 1 N–H and O–H groups in total. The number of ether oxygens (including phenoxy) is 1. The third-order valence-corrected chi connectivity index (χ3v) is 8.32. The average molecular weight is 589 g/mol. The van der Waals surface area contributed by atoms with Crippen LogP contribution in [0.25, 0.3) is 5.69 Å². The van der Waals surface area contributed by atoms with Crippen molar-refractivity contribution in [2.24, 2.45) is 0 Å². The van der Waals surface area contributed by atoms with Gasteiger partial charge in [0.25, 0.3) is 0 Å². The quantitative estimate of drug-likeness (QED) is 0.278. The molecule has 2 aliphatic heterocycles. The Morgan fingerprint density at radius 2 is 1.61 bits per heavy atom. The highest BCUT2D eigenvalue weighted by molar-refractivity contribution is 9.10. The van der Waals surface area contributed by atoms with E-state index >= 15 is 0 Å². The molecule has 2 aromatic heterocycles. The Hall–Kier alpha value is -3.20. The molecule has 0 radical (unpaired) electrons. The van der Waals surface area contributed by atoms with E-state index < -0.39 is 0 Å². The van der Waals surface area contributed by atoms with Crippen molar-refractivity contribution in [2.45, 2.75) is 25.9 Å². The lowest BCUT2D eigenvalue weighted by Crippen LogP contribution is -2.36. The first-order valence-electron chi connectivity index (χ1n) is 12.9. The van der Waals surface area contributed by atoms with Gasteiger partial charge in [-0.15, -0.1) is 0 Å². The zero-order valence-electron chi connectivity index (χ0n) is 21.5. The SMILES string of the molecule is Cc1cc([C@H]2[C@@H](c3ccccn3)NC(=S)N2c2ccc(N3CCOCC3)cc2)c(C)n1-c1ccc(Br)cc1. The highest BCUT2D eigenvalue weighted by Gasteiger charge is 2.42. The summed E-state index contributed by atoms with van der Waals surface area (Å²) < 4.78 is 8.92. The van der Waals surface area contributed by atoms with Crippen molar-refractivity contribution in [2.75, 3.05) is 36.1 Å². The van der Waals surface area contributed by atoms with Gasteiger partial charge in [-0.25, -0.2) is 0 Å². The lowest BCUT2D eigenvalue weighted by Gasteiger charge is -2.31. The molecule has 0 bridgehead atoms. The smallest absolute Gasteiger partial charge is 0.174 e. The molecule has 2 fully saturated rings. The molecule has 6 nitrogen and oxygen atoms in total. The average Bonchev–Trinajstić information content (AvgIpc) is 3.45. The molecule has 2 atom stereocenters. The number of aromatic nitrogens is 2. The van der Waals surface area contributed by atoms with Crippen molar-refractivity contribution in [1.82, 2.24) is 14.9 Å². The third-order valence-electron chi connectivity index (χ3n) is 7.48. The summed E-state index contributed by atoms with van der Waals surface area (Å²) in [5.74, 6) is 0. The van der Waals surface area contributed by atoms with Crippen molar-refractivity contribution in [3.05, 3.63) is 106 Å². The highest BCUT2D eigenvalue weighted by Crippen LogP contribution is 2.44. The van der Waals surface area contributed by atoms with Crippen LogP contribution >= 0.6 is 28.1 Å². The monoisotopic (exact) mass is 587 g/mol. The summed E-state index contributed by atoms with van der Waals surface area (Å²) in [4.78, 5) is 9.35. The Bertz CT molecular complexity index is 1430. The molecule has 2 aromatic carbocycles. The van der Waals surface area contributed by atoms with Crippen molar-refractivity contribution in [3.8, 4) is 5.69 Å². The van der Waals surface area contributed by atoms with Crippen LogP contribution in [0.4, 0.5) is 11.4 Å². The molecule has 0 unspecified atom stereocenters. The van der Waals surface area contributed by atoms with Crippen LogP contribution in [0.1, 0.15) is 34.7 Å². The third kappa shape index (κ3) is 4.61. The number of benzene rings is 2. The molecule has 0 spiro atoms. The van der Waals surface area contributed by atoms with Crippen LogP contribution in [0.3, 0.4) is 0 Å². The Kier molecular flexibility index (Phi) is 6.95. The van der Waals surface area contributed by atoms with Gasteiger partial charge in [0.1, 0.15) is 0 Å². The molecular weight excluding hydrogens is 558 g/mol. The fourth-order valence-electron chi connectivity index (χ4n) is 5.67. The minimum Gasteiger partial charge on any atom is -0.378 e. The van der Waals surface area contributed by atoms with Gasteiger partial charge < -0.3 is 24.4 Å². The number of anilines is 2. The number of rotatable bonds is 5. The highest BCUT2D eigenvalue weighted by atomic mass is 79.9. The Morgan fingerprint density at radius 1 is 0.921 bits per heavy atom. The van der Waals surface area contributed by atoms with Crippen LogP contribution < -0.4 is 15.1 Å². The number of aryl methyl sites for hydroxylation is 1. The van der Waals surface area contributed by atoms with Crippen LogP contribution in [0, 0.1) is 13.8 Å². The minimum absolute atomic E-state index is 0.0537. The predicted octanol–water partition coefficient (Wildman–Crippen LogP) is 6.27. The molecule has 4 heterocycles. The van der Waals surface area contributed by atoms with Crippen molar-refractivity contribution < 1.29 is 4.74 Å². The largest absolute Gasteiger partial charge is 0.378 e. The van der Waals surface area contributed by atoms with Gasteiger partial charge in [-0.3, -0.25) is 4.98 Å². The predicted molar refractivity (Wildman–Crippen MR) is 160 cm³/mol. The fourth-order valence-corrected chi connectivity index (χ4v) is 6.28. The van der Waals surface area contributed by atoms with E-state index in [1.807, 2.05) is 18.3 Å². The Labute approximate surface area is 237 Å². The minimum atomic E-state index is -0.0820. The summed E-state index contributed by atoms with van der Waals surface area (Å²) >= 11 is 9.54. The van der Waals surface area contributed by atoms with Crippen LogP contribution in [-0.4, -0.2) is 41.0 Å². The summed E-state index contributed by atoms with van der Waals surface area (Å²) in [6, 6.07) is 25.4. The van der Waals surface area contributed by atoms with Gasteiger partial charge in [-0.2, -0.15) is 0 Å². The second kappa shape index (κ2) is 10.5. The lowest BCUT2D eigenvalue weighted by atomic mass is 9.96. The van der Waals surface area contributed by atoms with Gasteiger partial charge in [0.15, 0.2) is 5.11 Å². The second-order valence-electron chi connectivity index (χ2n) is 9.75. The van der Waals surface area contributed by atoms with Crippen LogP contribution in [0.15, 0.2) is 83.5 Å². The number of thiocarbonyl (C=S) groups is 1. The molecule has 8 heteroatoms. The molecule has 0 saturated carbocycles. The van der Waals surface area contributed by atoms with Crippen molar-refractivity contribution in [3.63, 3.8) is 0 Å². The number of halogens is 1. The van der Waals surface area contributed by atoms with E-state index in [0.29, 0.717) is 5.11 Å². The maximum atomic E-state index is 5.97. The van der Waals surface area contributed by atoms with Crippen LogP contribution in [0.2, 0.25) is 0 Å². The molecule has 0 amide bonds. The Balaban J connectivity index is 1.43. The van der Waals surface area contributed by atoms with E-state index in [4.69, 9.17) is 21.9 Å². The normalized spacial score (nSPS) is 19.6. The number of hydrogen-bond acceptors (Lipinski definition) is 4. The van der Waals surface area contributed by atoms with E-state index in [1.165, 1.54) is 22.6 Å². The van der Waals surface area contributed by atoms with E-state index in [2.05, 4.69) is 110 Å². The van der Waals surface area contributed by atoms with Gasteiger partial charge >= 0.3 is 0 Å². The molecule has 2 aliphatic rings.